The molecule has 7 heteroatoms. The molecule has 2 aromatic heterocycles. The summed E-state index contributed by atoms with van der Waals surface area (Å²) in [6, 6.07) is 5.53. The highest BCUT2D eigenvalue weighted by Gasteiger charge is 2.23. The average Bonchev–Trinajstić information content (AvgIpc) is 3.03. The summed E-state index contributed by atoms with van der Waals surface area (Å²) >= 11 is 3.41. The fourth-order valence-electron chi connectivity index (χ4n) is 2.89. The molecule has 0 saturated carbocycles. The minimum absolute atomic E-state index is 0.224. The largest absolute Gasteiger partial charge is 0.449 e. The molecule has 4 rings (SSSR count). The highest BCUT2D eigenvalue weighted by atomic mass is 79.9. The number of hydrogen-bond donors (Lipinski definition) is 1. The molecule has 0 bridgehead atoms. The monoisotopic (exact) mass is 365 g/mol. The van der Waals surface area contributed by atoms with Crippen LogP contribution in [0, 0.1) is 0 Å². The van der Waals surface area contributed by atoms with Crippen molar-refractivity contribution in [1.82, 2.24) is 14.9 Å². The highest BCUT2D eigenvalue weighted by Crippen LogP contribution is 2.28. The van der Waals surface area contributed by atoms with Gasteiger partial charge in [-0.2, -0.15) is 0 Å². The zero-order valence-corrected chi connectivity index (χ0v) is 13.2. The van der Waals surface area contributed by atoms with Crippen LogP contribution in [0.15, 0.2) is 31.9 Å². The molecule has 0 unspecified atom stereocenters. The van der Waals surface area contributed by atoms with Crippen molar-refractivity contribution in [1.29, 1.82) is 0 Å². The molecule has 3 aromatic rings. The lowest BCUT2D eigenvalue weighted by atomic mass is 10.2. The number of rotatable bonds is 2. The molecule has 1 N–H and O–H groups in total. The lowest BCUT2D eigenvalue weighted by molar-refractivity contribution is 0.277. The number of nitrogens with one attached hydrogen (secondary N) is 1. The first-order chi connectivity index (χ1) is 10.6. The molecule has 1 fully saturated rings. The van der Waals surface area contributed by atoms with E-state index >= 15 is 0 Å². The van der Waals surface area contributed by atoms with Crippen LogP contribution in [0.25, 0.3) is 22.1 Å². The number of alkyl halides is 1. The van der Waals surface area contributed by atoms with Gasteiger partial charge in [-0.15, -0.1) is 0 Å². The molecule has 0 radical (unpaired) electrons. The van der Waals surface area contributed by atoms with Crippen molar-refractivity contribution < 1.29 is 8.81 Å². The zero-order chi connectivity index (χ0) is 15.3. The van der Waals surface area contributed by atoms with Gasteiger partial charge < -0.3 is 9.40 Å². The number of fused-ring (bicyclic) bond motifs is 3. The van der Waals surface area contributed by atoms with Gasteiger partial charge in [0.05, 0.1) is 6.54 Å². The molecule has 1 atom stereocenters. The van der Waals surface area contributed by atoms with E-state index in [4.69, 9.17) is 4.42 Å². The van der Waals surface area contributed by atoms with Gasteiger partial charge in [0.2, 0.25) is 5.58 Å². The number of nitrogens with zero attached hydrogens (tertiary/aromatic N) is 2. The van der Waals surface area contributed by atoms with Gasteiger partial charge in [-0.1, -0.05) is 15.9 Å². The standard InChI is InChI=1S/C15H13BrFN3O2/c16-8-1-2-11-10(5-8)13-14(22-11)15(21)19-12(18-13)7-20-4-3-9(17)6-20/h1-2,5,9H,3-4,6-7H2,(H,18,19,21)/t9-/m0/s1. The fourth-order valence-corrected chi connectivity index (χ4v) is 3.25. The van der Waals surface area contributed by atoms with E-state index in [0.717, 1.165) is 9.86 Å². The van der Waals surface area contributed by atoms with E-state index in [-0.39, 0.29) is 11.1 Å². The maximum atomic E-state index is 13.3. The van der Waals surface area contributed by atoms with Crippen LogP contribution in [0.1, 0.15) is 12.2 Å². The Bertz CT molecular complexity index is 920. The lowest BCUT2D eigenvalue weighted by Crippen LogP contribution is -2.23. The van der Waals surface area contributed by atoms with Gasteiger partial charge >= 0.3 is 0 Å². The summed E-state index contributed by atoms with van der Waals surface area (Å²) in [6.45, 7) is 1.51. The Morgan fingerprint density at radius 3 is 3.14 bits per heavy atom. The molecule has 0 aliphatic carbocycles. The Kier molecular flexibility index (Phi) is 3.27. The van der Waals surface area contributed by atoms with Gasteiger partial charge in [-0.3, -0.25) is 9.69 Å². The van der Waals surface area contributed by atoms with E-state index in [1.807, 2.05) is 17.0 Å². The summed E-state index contributed by atoms with van der Waals surface area (Å²) in [7, 11) is 0. The van der Waals surface area contributed by atoms with Crippen LogP contribution in [0.3, 0.4) is 0 Å². The van der Waals surface area contributed by atoms with Gasteiger partial charge in [-0.05, 0) is 24.6 Å². The third-order valence-corrected chi connectivity index (χ3v) is 4.42. The minimum Gasteiger partial charge on any atom is -0.449 e. The summed E-state index contributed by atoms with van der Waals surface area (Å²) in [6.07, 6.45) is -0.255. The Labute approximate surface area is 133 Å². The summed E-state index contributed by atoms with van der Waals surface area (Å²) < 4.78 is 19.7. The summed E-state index contributed by atoms with van der Waals surface area (Å²) in [4.78, 5) is 21.4. The number of benzene rings is 1. The first-order valence-electron chi connectivity index (χ1n) is 7.07. The van der Waals surface area contributed by atoms with E-state index in [0.29, 0.717) is 43.0 Å². The van der Waals surface area contributed by atoms with Crippen LogP contribution in [-0.4, -0.2) is 34.1 Å². The minimum atomic E-state index is -0.791. The summed E-state index contributed by atoms with van der Waals surface area (Å²) in [5.74, 6) is 0.536. The van der Waals surface area contributed by atoms with Gasteiger partial charge in [0.15, 0.2) is 0 Å². The van der Waals surface area contributed by atoms with Crippen LogP contribution in [0.4, 0.5) is 4.39 Å². The second-order valence-electron chi connectivity index (χ2n) is 5.55. The predicted molar refractivity (Wildman–Crippen MR) is 84.6 cm³/mol. The molecule has 1 aromatic carbocycles. The molecule has 5 nitrogen and oxygen atoms in total. The molecule has 0 amide bonds. The van der Waals surface area contributed by atoms with Crippen LogP contribution >= 0.6 is 15.9 Å². The number of hydrogen-bond acceptors (Lipinski definition) is 4. The van der Waals surface area contributed by atoms with Crippen molar-refractivity contribution >= 4 is 38.0 Å². The van der Waals surface area contributed by atoms with Crippen molar-refractivity contribution in [2.75, 3.05) is 13.1 Å². The number of aromatic amines is 1. The van der Waals surface area contributed by atoms with Crippen molar-refractivity contribution in [3.05, 3.63) is 38.9 Å². The zero-order valence-electron chi connectivity index (χ0n) is 11.6. The molecule has 0 spiro atoms. The first kappa shape index (κ1) is 13.9. The molecule has 114 valence electrons. The van der Waals surface area contributed by atoms with E-state index in [1.165, 1.54) is 0 Å². The lowest BCUT2D eigenvalue weighted by Gasteiger charge is -2.13. The van der Waals surface area contributed by atoms with Crippen LogP contribution in [0.2, 0.25) is 0 Å². The molecule has 1 aliphatic heterocycles. The molecule has 3 heterocycles. The quantitative estimate of drug-likeness (QED) is 0.758. The molecule has 22 heavy (non-hydrogen) atoms. The second kappa shape index (κ2) is 5.17. The Hall–Kier alpha value is -1.73. The van der Waals surface area contributed by atoms with E-state index < -0.39 is 6.17 Å². The van der Waals surface area contributed by atoms with Gasteiger partial charge in [0.1, 0.15) is 23.1 Å². The number of H-pyrrole nitrogens is 1. The van der Waals surface area contributed by atoms with Crippen LogP contribution in [0.5, 0.6) is 0 Å². The van der Waals surface area contributed by atoms with Gasteiger partial charge in [-0.25, -0.2) is 9.37 Å². The number of aromatic nitrogens is 2. The predicted octanol–water partition coefficient (Wildman–Crippen LogP) is 2.98. The maximum absolute atomic E-state index is 13.3. The first-order valence-corrected chi connectivity index (χ1v) is 7.87. The third-order valence-electron chi connectivity index (χ3n) is 3.92. The number of furan rings is 1. The van der Waals surface area contributed by atoms with E-state index in [1.54, 1.807) is 6.07 Å². The van der Waals surface area contributed by atoms with Crippen molar-refractivity contribution in [3.8, 4) is 0 Å². The molecular formula is C15H13BrFN3O2. The van der Waals surface area contributed by atoms with Crippen molar-refractivity contribution in [3.63, 3.8) is 0 Å². The molecule has 1 aliphatic rings. The van der Waals surface area contributed by atoms with Gasteiger partial charge in [0.25, 0.3) is 5.56 Å². The third kappa shape index (κ3) is 2.34. The Morgan fingerprint density at radius 2 is 2.36 bits per heavy atom. The normalized spacial score (nSPS) is 19.5. The molecule has 1 saturated heterocycles. The smallest absolute Gasteiger partial charge is 0.294 e. The SMILES string of the molecule is O=c1[nH]c(CN2CC[C@H](F)C2)nc2c1oc1ccc(Br)cc12. The Morgan fingerprint density at radius 1 is 1.50 bits per heavy atom. The molecular weight excluding hydrogens is 353 g/mol. The highest BCUT2D eigenvalue weighted by molar-refractivity contribution is 9.10. The fraction of sp³-hybridized carbons (Fsp3) is 0.333. The Balaban J connectivity index is 1.82. The summed E-state index contributed by atoms with van der Waals surface area (Å²) in [5.41, 5.74) is 1.09. The number of halogens is 2. The topological polar surface area (TPSA) is 62.1 Å². The van der Waals surface area contributed by atoms with Crippen molar-refractivity contribution in [2.24, 2.45) is 0 Å². The average molecular weight is 366 g/mol. The maximum Gasteiger partial charge on any atom is 0.294 e. The summed E-state index contributed by atoms with van der Waals surface area (Å²) in [5, 5.41) is 0.793. The van der Waals surface area contributed by atoms with Crippen molar-refractivity contribution in [2.45, 2.75) is 19.1 Å². The van der Waals surface area contributed by atoms with E-state index in [2.05, 4.69) is 25.9 Å². The van der Waals surface area contributed by atoms with E-state index in [9.17, 15) is 9.18 Å². The second-order valence-corrected chi connectivity index (χ2v) is 6.47. The van der Waals surface area contributed by atoms with Crippen LogP contribution < -0.4 is 5.56 Å². The van der Waals surface area contributed by atoms with Gasteiger partial charge in [0, 0.05) is 22.9 Å². The number of likely N-dealkylation sites (tertiary alicyclic amines) is 1. The van der Waals surface area contributed by atoms with Crippen LogP contribution in [-0.2, 0) is 6.54 Å².